The number of allylic oxidation sites excluding steroid dienone is 1. The third-order valence-corrected chi connectivity index (χ3v) is 7.38. The Kier molecular flexibility index (Phi) is 4.95. The summed E-state index contributed by atoms with van der Waals surface area (Å²) >= 11 is 0. The molecule has 1 fully saturated rings. The first kappa shape index (κ1) is 20.5. The molecule has 4 aromatic rings. The molecule has 3 aliphatic rings. The number of anilines is 1. The van der Waals surface area contributed by atoms with E-state index in [2.05, 4.69) is 99.7 Å². The summed E-state index contributed by atoms with van der Waals surface area (Å²) in [6, 6.07) is 27.7. The van der Waals surface area contributed by atoms with E-state index in [0.29, 0.717) is 0 Å². The van der Waals surface area contributed by atoms with Crippen molar-refractivity contribution in [1.29, 1.82) is 0 Å². The third kappa shape index (κ3) is 3.46. The number of hydrogen-bond acceptors (Lipinski definition) is 4. The minimum atomic E-state index is 0.0202. The van der Waals surface area contributed by atoms with Gasteiger partial charge in [0.25, 0.3) is 0 Å². The van der Waals surface area contributed by atoms with Crippen LogP contribution in [0.5, 0.6) is 0 Å². The molecule has 0 spiro atoms. The minimum Gasteiger partial charge on any atom is -0.378 e. The third-order valence-electron chi connectivity index (χ3n) is 7.38. The van der Waals surface area contributed by atoms with Crippen molar-refractivity contribution in [3.8, 4) is 11.4 Å². The molecular weight excluding hydrogens is 432 g/mol. The molecule has 7 rings (SSSR count). The second kappa shape index (κ2) is 8.43. The zero-order chi connectivity index (χ0) is 23.2. The van der Waals surface area contributed by atoms with Crippen molar-refractivity contribution in [2.75, 3.05) is 31.6 Å². The van der Waals surface area contributed by atoms with Gasteiger partial charge in [0, 0.05) is 30.0 Å². The van der Waals surface area contributed by atoms with Crippen LogP contribution in [-0.2, 0) is 4.74 Å². The van der Waals surface area contributed by atoms with Gasteiger partial charge in [-0.2, -0.15) is 0 Å². The highest BCUT2D eigenvalue weighted by Gasteiger charge is 2.35. The first-order valence-corrected chi connectivity index (χ1v) is 12.5. The molecule has 1 atom stereocenters. The van der Waals surface area contributed by atoms with Gasteiger partial charge in [-0.15, -0.1) is 0 Å². The number of benzene rings is 3. The first-order valence-electron chi connectivity index (χ1n) is 12.5. The van der Waals surface area contributed by atoms with Gasteiger partial charge in [0.15, 0.2) is 0 Å². The van der Waals surface area contributed by atoms with E-state index in [9.17, 15) is 0 Å². The number of rotatable bonds is 3. The van der Waals surface area contributed by atoms with Crippen molar-refractivity contribution in [3.63, 3.8) is 0 Å². The molecule has 1 unspecified atom stereocenters. The van der Waals surface area contributed by atoms with Crippen molar-refractivity contribution in [1.82, 2.24) is 14.5 Å². The quantitative estimate of drug-likeness (QED) is 0.402. The molecule has 0 saturated carbocycles. The second-order valence-electron chi connectivity index (χ2n) is 9.44. The van der Waals surface area contributed by atoms with Gasteiger partial charge >= 0.3 is 0 Å². The molecule has 0 bridgehead atoms. The number of morpholine rings is 1. The average Bonchev–Trinajstić information content (AvgIpc) is 3.51. The number of hydrogen-bond donors (Lipinski definition) is 1. The predicted octanol–water partition coefficient (Wildman–Crippen LogP) is 6.09. The molecule has 174 valence electrons. The lowest BCUT2D eigenvalue weighted by atomic mass is 10.0. The average molecular weight is 461 g/mol. The smallest absolute Gasteiger partial charge is 0.145 e. The van der Waals surface area contributed by atoms with E-state index < -0.39 is 0 Å². The van der Waals surface area contributed by atoms with Crippen LogP contribution < -0.4 is 5.32 Å². The summed E-state index contributed by atoms with van der Waals surface area (Å²) in [5.41, 5.74) is 10.0. The number of nitrogens with zero attached hydrogens (tertiary/aromatic N) is 3. The van der Waals surface area contributed by atoms with Crippen LogP contribution in [0.25, 0.3) is 28.5 Å². The van der Waals surface area contributed by atoms with Crippen LogP contribution in [0.4, 0.5) is 5.69 Å². The topological polar surface area (TPSA) is 42.3 Å². The molecule has 1 saturated heterocycles. The number of nitrogens with one attached hydrogen (secondary N) is 1. The first-order chi connectivity index (χ1) is 17.4. The van der Waals surface area contributed by atoms with Gasteiger partial charge in [-0.25, -0.2) is 4.98 Å². The predicted molar refractivity (Wildman–Crippen MR) is 141 cm³/mol. The van der Waals surface area contributed by atoms with Crippen LogP contribution in [0.1, 0.15) is 24.6 Å². The number of fused-ring (bicyclic) bond motifs is 5. The summed E-state index contributed by atoms with van der Waals surface area (Å²) in [4.78, 5) is 7.64. The van der Waals surface area contributed by atoms with Gasteiger partial charge in [0.2, 0.25) is 0 Å². The van der Waals surface area contributed by atoms with E-state index in [1.165, 1.54) is 27.9 Å². The van der Waals surface area contributed by atoms with Gasteiger partial charge < -0.3 is 15.0 Å². The highest BCUT2D eigenvalue weighted by atomic mass is 16.5. The largest absolute Gasteiger partial charge is 0.378 e. The van der Waals surface area contributed by atoms with E-state index in [0.717, 1.165) is 61.7 Å². The number of imidazole rings is 1. The van der Waals surface area contributed by atoms with Crippen LogP contribution in [0, 0.1) is 0 Å². The lowest BCUT2D eigenvalue weighted by Gasteiger charge is -2.36. The zero-order valence-corrected chi connectivity index (χ0v) is 19.7. The summed E-state index contributed by atoms with van der Waals surface area (Å²) in [7, 11) is 0. The molecule has 2 aliphatic heterocycles. The van der Waals surface area contributed by atoms with Crippen molar-refractivity contribution in [3.05, 3.63) is 101 Å². The van der Waals surface area contributed by atoms with Gasteiger partial charge in [-0.05, 0) is 59.9 Å². The Labute approximate surface area is 205 Å². The maximum Gasteiger partial charge on any atom is 0.145 e. The van der Waals surface area contributed by atoms with Crippen LogP contribution in [-0.4, -0.2) is 40.8 Å². The monoisotopic (exact) mass is 460 g/mol. The number of para-hydroxylation sites is 3. The Morgan fingerprint density at radius 1 is 0.857 bits per heavy atom. The normalized spacial score (nSPS) is 20.7. The summed E-state index contributed by atoms with van der Waals surface area (Å²) in [5.74, 6) is 1.04. The maximum absolute atomic E-state index is 5.73. The van der Waals surface area contributed by atoms with Crippen molar-refractivity contribution < 1.29 is 4.74 Å². The van der Waals surface area contributed by atoms with Crippen LogP contribution in [0.15, 0.2) is 95.7 Å². The second-order valence-corrected chi connectivity index (χ2v) is 9.44. The minimum absolute atomic E-state index is 0.0202. The maximum atomic E-state index is 5.73. The van der Waals surface area contributed by atoms with Crippen LogP contribution >= 0.6 is 0 Å². The Hall–Kier alpha value is -3.83. The van der Waals surface area contributed by atoms with E-state index in [4.69, 9.17) is 9.72 Å². The molecular formula is C30H28N4O. The molecule has 5 nitrogen and oxygen atoms in total. The van der Waals surface area contributed by atoms with Crippen LogP contribution in [0.3, 0.4) is 0 Å². The van der Waals surface area contributed by atoms with E-state index in [1.807, 2.05) is 0 Å². The zero-order valence-electron chi connectivity index (χ0n) is 19.7. The Balaban J connectivity index is 1.43. The van der Waals surface area contributed by atoms with Gasteiger partial charge in [0.05, 0.1) is 24.2 Å². The van der Waals surface area contributed by atoms with Crippen molar-refractivity contribution in [2.45, 2.75) is 19.0 Å². The van der Waals surface area contributed by atoms with Gasteiger partial charge in [0.1, 0.15) is 12.0 Å². The summed E-state index contributed by atoms with van der Waals surface area (Å²) in [6.45, 7) is 3.39. The van der Waals surface area contributed by atoms with Crippen molar-refractivity contribution in [2.24, 2.45) is 0 Å². The van der Waals surface area contributed by atoms with Crippen LogP contribution in [0.2, 0.25) is 0 Å². The van der Waals surface area contributed by atoms with Gasteiger partial charge in [-0.3, -0.25) is 4.57 Å². The lowest BCUT2D eigenvalue weighted by molar-refractivity contribution is 0.0544. The molecule has 35 heavy (non-hydrogen) atoms. The fraction of sp³-hybridized carbons (Fsp3) is 0.233. The SMILES string of the molecule is C(=C1CCC(C2Nc3ccccc3-c3nc4ccccc4n32)=C1N1CCOCC1)c1ccccc1. The summed E-state index contributed by atoms with van der Waals surface area (Å²) < 4.78 is 8.14. The molecule has 1 N–H and O–H groups in total. The van der Waals surface area contributed by atoms with Crippen molar-refractivity contribution >= 4 is 22.8 Å². The van der Waals surface area contributed by atoms with Gasteiger partial charge in [-0.1, -0.05) is 54.6 Å². The fourth-order valence-corrected chi connectivity index (χ4v) is 5.82. The molecule has 0 amide bonds. The Morgan fingerprint density at radius 2 is 1.63 bits per heavy atom. The molecule has 0 radical (unpaired) electrons. The highest BCUT2D eigenvalue weighted by molar-refractivity contribution is 5.87. The summed E-state index contributed by atoms with van der Waals surface area (Å²) in [6.07, 6.45) is 4.46. The van der Waals surface area contributed by atoms with E-state index in [-0.39, 0.29) is 6.17 Å². The standard InChI is InChI=1S/C30H28N4O/c1-2-8-21(9-3-1)20-22-14-15-24(28(22)33-16-18-35-19-17-33)30-31-25-11-5-4-10-23(25)29-32-26-12-6-7-13-27(26)34(29)30/h1-13,20,30-31H,14-19H2. The Bertz CT molecular complexity index is 1460. The van der Waals surface area contributed by atoms with E-state index >= 15 is 0 Å². The number of aromatic nitrogens is 2. The molecule has 1 aliphatic carbocycles. The fourth-order valence-electron chi connectivity index (χ4n) is 5.82. The van der Waals surface area contributed by atoms with E-state index in [1.54, 1.807) is 0 Å². The molecule has 3 heterocycles. The number of ether oxygens (including phenoxy) is 1. The Morgan fingerprint density at radius 3 is 2.51 bits per heavy atom. The highest BCUT2D eigenvalue weighted by Crippen LogP contribution is 2.46. The molecule has 3 aromatic carbocycles. The summed E-state index contributed by atoms with van der Waals surface area (Å²) in [5, 5.41) is 3.91. The molecule has 5 heteroatoms. The lowest BCUT2D eigenvalue weighted by Crippen LogP contribution is -2.37. The molecule has 1 aromatic heterocycles.